The number of hydrogen-bond donors (Lipinski definition) is 0. The molecule has 0 spiro atoms. The first-order chi connectivity index (χ1) is 9.51. The van der Waals surface area contributed by atoms with Gasteiger partial charge in [0.25, 0.3) is 0 Å². The molecule has 6 heteroatoms. The second kappa shape index (κ2) is 10.9. The van der Waals surface area contributed by atoms with Gasteiger partial charge in [-0.25, -0.2) is 0 Å². The normalized spacial score (nSPS) is 12.9. The molecule has 0 fully saturated rings. The van der Waals surface area contributed by atoms with E-state index in [1.807, 2.05) is 0 Å². The second-order valence-corrected chi connectivity index (χ2v) is 13.7. The summed E-state index contributed by atoms with van der Waals surface area (Å²) in [5.74, 6) is 0. The third-order valence-electron chi connectivity index (χ3n) is 4.34. The van der Waals surface area contributed by atoms with Gasteiger partial charge in [-0.2, -0.15) is 0 Å². The Labute approximate surface area is 127 Å². The molecule has 122 valence electrons. The lowest BCUT2D eigenvalue weighted by molar-refractivity contribution is 0.120. The topological polar surface area (TPSA) is 36.9 Å². The molecule has 0 rings (SSSR count). The Morgan fingerprint density at radius 2 is 1.35 bits per heavy atom. The maximum atomic E-state index is 6.19. The Morgan fingerprint density at radius 3 is 1.80 bits per heavy atom. The van der Waals surface area contributed by atoms with Gasteiger partial charge in [0, 0.05) is 40.1 Å². The number of hydrogen-bond acceptors (Lipinski definition) is 4. The van der Waals surface area contributed by atoms with E-state index in [1.165, 1.54) is 18.1 Å². The van der Waals surface area contributed by atoms with Crippen LogP contribution in [0.25, 0.3) is 0 Å². The summed E-state index contributed by atoms with van der Waals surface area (Å²) in [5, 5.41) is 0. The zero-order valence-electron chi connectivity index (χ0n) is 14.3. The minimum absolute atomic E-state index is 0.711. The first-order valence-electron chi connectivity index (χ1n) is 7.83. The van der Waals surface area contributed by atoms with Crippen molar-refractivity contribution in [2.75, 3.05) is 34.0 Å². The Bertz CT molecular complexity index is 223. The van der Waals surface area contributed by atoms with Crippen molar-refractivity contribution < 1.29 is 18.0 Å². The fraction of sp³-hybridized carbons (Fsp3) is 1.00. The Morgan fingerprint density at radius 1 is 0.800 bits per heavy atom. The maximum absolute atomic E-state index is 6.19. The molecular formula is C14H34O4Si2. The van der Waals surface area contributed by atoms with E-state index >= 15 is 0 Å². The van der Waals surface area contributed by atoms with Gasteiger partial charge in [0.15, 0.2) is 8.32 Å². The lowest BCUT2D eigenvalue weighted by Gasteiger charge is -2.28. The highest BCUT2D eigenvalue weighted by molar-refractivity contribution is 6.73. The molecule has 0 aliphatic heterocycles. The first kappa shape index (κ1) is 20.3. The number of ether oxygens (including phenoxy) is 1. The lowest BCUT2D eigenvalue weighted by atomic mass is 10.5. The monoisotopic (exact) mass is 322 g/mol. The fourth-order valence-corrected chi connectivity index (χ4v) is 5.93. The molecule has 0 aliphatic carbocycles. The standard InChI is InChI=1S/C14H34O4Si2/c1-7-20(8-2,9-3)18-12-10-11-17-13-14-19(6,15-4)16-5/h7-14H2,1-6H3. The van der Waals surface area contributed by atoms with Crippen LogP contribution in [0.4, 0.5) is 0 Å². The van der Waals surface area contributed by atoms with Crippen LogP contribution >= 0.6 is 0 Å². The van der Waals surface area contributed by atoms with Gasteiger partial charge in [-0.15, -0.1) is 0 Å². The SMILES string of the molecule is CC[Si](CC)(CC)OCCCOCC[Si](C)(OC)OC. The molecule has 0 N–H and O–H groups in total. The average Bonchev–Trinajstić information content (AvgIpc) is 2.50. The van der Waals surface area contributed by atoms with Crippen molar-refractivity contribution in [3.8, 4) is 0 Å². The Hall–Kier alpha value is 0.274. The molecule has 0 aromatic rings. The summed E-state index contributed by atoms with van der Waals surface area (Å²) in [5.41, 5.74) is 0. The number of rotatable bonds is 13. The van der Waals surface area contributed by atoms with Crippen molar-refractivity contribution >= 4 is 16.9 Å². The van der Waals surface area contributed by atoms with Crippen LogP contribution in [-0.2, 0) is 18.0 Å². The van der Waals surface area contributed by atoms with Crippen LogP contribution in [0.3, 0.4) is 0 Å². The van der Waals surface area contributed by atoms with Gasteiger partial charge < -0.3 is 18.0 Å². The highest BCUT2D eigenvalue weighted by atomic mass is 28.4. The van der Waals surface area contributed by atoms with E-state index in [2.05, 4.69) is 27.3 Å². The van der Waals surface area contributed by atoms with Crippen molar-refractivity contribution in [1.82, 2.24) is 0 Å². The minimum Gasteiger partial charge on any atom is -0.417 e. The van der Waals surface area contributed by atoms with Crippen LogP contribution in [-0.4, -0.2) is 50.9 Å². The van der Waals surface area contributed by atoms with E-state index in [1.54, 1.807) is 14.2 Å². The van der Waals surface area contributed by atoms with Crippen LogP contribution < -0.4 is 0 Å². The summed E-state index contributed by atoms with van der Waals surface area (Å²) >= 11 is 0. The van der Waals surface area contributed by atoms with Crippen molar-refractivity contribution in [2.45, 2.75) is 57.9 Å². The predicted octanol–water partition coefficient (Wildman–Crippen LogP) is 3.78. The van der Waals surface area contributed by atoms with Gasteiger partial charge in [0.2, 0.25) is 0 Å². The predicted molar refractivity (Wildman–Crippen MR) is 89.0 cm³/mol. The third-order valence-corrected chi connectivity index (χ3v) is 11.9. The zero-order chi connectivity index (χ0) is 15.5. The molecule has 0 aliphatic rings. The summed E-state index contributed by atoms with van der Waals surface area (Å²) < 4.78 is 22.7. The molecule has 0 aromatic heterocycles. The largest absolute Gasteiger partial charge is 0.417 e. The molecule has 0 saturated heterocycles. The lowest BCUT2D eigenvalue weighted by Crippen LogP contribution is -2.37. The second-order valence-electron chi connectivity index (χ2n) is 5.35. The van der Waals surface area contributed by atoms with Crippen LogP contribution in [0, 0.1) is 0 Å². The molecule has 0 saturated carbocycles. The summed E-state index contributed by atoms with van der Waals surface area (Å²) in [7, 11) is 0.0540. The molecule has 0 unspecified atom stereocenters. The van der Waals surface area contributed by atoms with E-state index in [-0.39, 0.29) is 0 Å². The van der Waals surface area contributed by atoms with Gasteiger partial charge in [0.05, 0.1) is 0 Å². The van der Waals surface area contributed by atoms with Crippen LogP contribution in [0.2, 0.25) is 30.7 Å². The molecule has 20 heavy (non-hydrogen) atoms. The minimum atomic E-state index is -1.96. The molecule has 0 bridgehead atoms. The van der Waals surface area contributed by atoms with Crippen molar-refractivity contribution in [1.29, 1.82) is 0 Å². The van der Waals surface area contributed by atoms with E-state index in [0.717, 1.165) is 25.7 Å². The zero-order valence-corrected chi connectivity index (χ0v) is 16.3. The van der Waals surface area contributed by atoms with Crippen LogP contribution in [0.15, 0.2) is 0 Å². The molecule has 0 amide bonds. The van der Waals surface area contributed by atoms with Gasteiger partial charge in [-0.05, 0) is 31.1 Å². The molecule has 4 nitrogen and oxygen atoms in total. The molecule has 0 atom stereocenters. The van der Waals surface area contributed by atoms with E-state index in [4.69, 9.17) is 18.0 Å². The summed E-state index contributed by atoms with van der Waals surface area (Å²) in [6, 6.07) is 4.52. The van der Waals surface area contributed by atoms with Crippen molar-refractivity contribution in [3.05, 3.63) is 0 Å². The van der Waals surface area contributed by atoms with E-state index < -0.39 is 16.9 Å². The first-order valence-corrected chi connectivity index (χ1v) is 12.9. The Kier molecular flexibility index (Phi) is 11.1. The van der Waals surface area contributed by atoms with Crippen molar-refractivity contribution in [2.24, 2.45) is 0 Å². The van der Waals surface area contributed by atoms with Crippen LogP contribution in [0.5, 0.6) is 0 Å². The Balaban J connectivity index is 3.68. The quantitative estimate of drug-likeness (QED) is 0.382. The molecular weight excluding hydrogens is 288 g/mol. The van der Waals surface area contributed by atoms with Gasteiger partial charge >= 0.3 is 8.56 Å². The van der Waals surface area contributed by atoms with Crippen LogP contribution in [0.1, 0.15) is 27.2 Å². The highest BCUT2D eigenvalue weighted by Crippen LogP contribution is 2.21. The molecule has 0 heterocycles. The fourth-order valence-electron chi connectivity index (χ4n) is 2.15. The summed E-state index contributed by atoms with van der Waals surface area (Å²) in [6.45, 7) is 11.2. The molecule has 0 aromatic carbocycles. The summed E-state index contributed by atoms with van der Waals surface area (Å²) in [6.07, 6.45) is 0.979. The highest BCUT2D eigenvalue weighted by Gasteiger charge is 2.29. The van der Waals surface area contributed by atoms with Crippen molar-refractivity contribution in [3.63, 3.8) is 0 Å². The average molecular weight is 323 g/mol. The van der Waals surface area contributed by atoms with E-state index in [9.17, 15) is 0 Å². The van der Waals surface area contributed by atoms with Gasteiger partial charge in [-0.1, -0.05) is 20.8 Å². The molecule has 0 radical (unpaired) electrons. The summed E-state index contributed by atoms with van der Waals surface area (Å²) in [4.78, 5) is 0. The smallest absolute Gasteiger partial charge is 0.336 e. The van der Waals surface area contributed by atoms with Gasteiger partial charge in [0.1, 0.15) is 0 Å². The van der Waals surface area contributed by atoms with Gasteiger partial charge in [-0.3, -0.25) is 0 Å². The third kappa shape index (κ3) is 7.33. The van der Waals surface area contributed by atoms with E-state index in [0.29, 0.717) is 6.61 Å². The maximum Gasteiger partial charge on any atom is 0.336 e.